The first-order chi connectivity index (χ1) is 9.11. The van der Waals surface area contributed by atoms with Crippen molar-refractivity contribution in [1.82, 2.24) is 4.90 Å². The highest BCUT2D eigenvalue weighted by molar-refractivity contribution is 5.79. The Labute approximate surface area is 114 Å². The number of rotatable bonds is 3. The second kappa shape index (κ2) is 6.37. The van der Waals surface area contributed by atoms with Gasteiger partial charge in [-0.3, -0.25) is 9.59 Å². The number of carbonyl (C=O) groups is 2. The van der Waals surface area contributed by atoms with E-state index in [0.717, 1.165) is 19.3 Å². The van der Waals surface area contributed by atoms with Crippen LogP contribution in [0.2, 0.25) is 0 Å². The molecule has 1 aliphatic carbocycles. The topological polar surface area (TPSA) is 55.8 Å². The summed E-state index contributed by atoms with van der Waals surface area (Å²) in [6, 6.07) is 0. The minimum atomic E-state index is -0.284. The summed E-state index contributed by atoms with van der Waals surface area (Å²) in [6.45, 7) is 3.81. The highest BCUT2D eigenvalue weighted by Crippen LogP contribution is 2.33. The summed E-state index contributed by atoms with van der Waals surface area (Å²) >= 11 is 0. The SMILES string of the molecule is COC(=O)CC1CN(C(=O)C2CCCC2C)CCO1. The van der Waals surface area contributed by atoms with E-state index < -0.39 is 0 Å². The van der Waals surface area contributed by atoms with Crippen LogP contribution in [-0.4, -0.2) is 49.7 Å². The summed E-state index contributed by atoms with van der Waals surface area (Å²) in [5.74, 6) is 0.600. The third kappa shape index (κ3) is 3.47. The second-order valence-corrected chi connectivity index (χ2v) is 5.57. The molecule has 1 saturated heterocycles. The van der Waals surface area contributed by atoms with Gasteiger partial charge in [-0.15, -0.1) is 0 Å². The molecule has 0 aromatic carbocycles. The summed E-state index contributed by atoms with van der Waals surface area (Å²) in [6.07, 6.45) is 3.29. The van der Waals surface area contributed by atoms with Crippen LogP contribution in [0.15, 0.2) is 0 Å². The molecule has 0 spiro atoms. The van der Waals surface area contributed by atoms with Crippen LogP contribution in [0.25, 0.3) is 0 Å². The first-order valence-electron chi connectivity index (χ1n) is 7.09. The van der Waals surface area contributed by atoms with Gasteiger partial charge in [-0.25, -0.2) is 0 Å². The lowest BCUT2D eigenvalue weighted by molar-refractivity contribution is -0.152. The van der Waals surface area contributed by atoms with Gasteiger partial charge >= 0.3 is 5.97 Å². The number of carbonyl (C=O) groups excluding carboxylic acids is 2. The Morgan fingerprint density at radius 2 is 2.16 bits per heavy atom. The molecule has 108 valence electrons. The number of hydrogen-bond donors (Lipinski definition) is 0. The largest absolute Gasteiger partial charge is 0.469 e. The molecular weight excluding hydrogens is 246 g/mol. The van der Waals surface area contributed by atoms with Gasteiger partial charge < -0.3 is 14.4 Å². The maximum absolute atomic E-state index is 12.5. The Morgan fingerprint density at radius 1 is 1.37 bits per heavy atom. The van der Waals surface area contributed by atoms with E-state index in [-0.39, 0.29) is 30.3 Å². The lowest BCUT2D eigenvalue weighted by Gasteiger charge is -2.34. The van der Waals surface area contributed by atoms with Crippen LogP contribution in [0.5, 0.6) is 0 Å². The van der Waals surface area contributed by atoms with Crippen LogP contribution in [0, 0.1) is 11.8 Å². The van der Waals surface area contributed by atoms with Crippen LogP contribution < -0.4 is 0 Å². The number of methoxy groups -OCH3 is 1. The molecule has 2 fully saturated rings. The standard InChI is InChI=1S/C14H23NO4/c1-10-4-3-5-12(10)14(17)15-6-7-19-11(9-15)8-13(16)18-2/h10-12H,3-9H2,1-2H3. The molecule has 3 atom stereocenters. The number of morpholine rings is 1. The van der Waals surface area contributed by atoms with E-state index in [1.807, 2.05) is 4.90 Å². The summed E-state index contributed by atoms with van der Waals surface area (Å²) in [5, 5.41) is 0. The summed E-state index contributed by atoms with van der Waals surface area (Å²) in [4.78, 5) is 25.6. The number of ether oxygens (including phenoxy) is 2. The molecule has 0 aromatic rings. The van der Waals surface area contributed by atoms with Gasteiger partial charge in [-0.1, -0.05) is 13.3 Å². The first-order valence-corrected chi connectivity index (χ1v) is 7.09. The van der Waals surface area contributed by atoms with Crippen LogP contribution in [0.1, 0.15) is 32.6 Å². The summed E-state index contributed by atoms with van der Waals surface area (Å²) in [7, 11) is 1.37. The van der Waals surface area contributed by atoms with Crippen LogP contribution in [0.3, 0.4) is 0 Å². The maximum Gasteiger partial charge on any atom is 0.308 e. The van der Waals surface area contributed by atoms with Crippen molar-refractivity contribution in [1.29, 1.82) is 0 Å². The second-order valence-electron chi connectivity index (χ2n) is 5.57. The average Bonchev–Trinajstić information content (AvgIpc) is 2.84. The van der Waals surface area contributed by atoms with Gasteiger partial charge in [-0.05, 0) is 18.8 Å². The van der Waals surface area contributed by atoms with Gasteiger partial charge in [0.2, 0.25) is 5.91 Å². The summed E-state index contributed by atoms with van der Waals surface area (Å²) < 4.78 is 10.2. The van der Waals surface area contributed by atoms with E-state index >= 15 is 0 Å². The third-order valence-electron chi connectivity index (χ3n) is 4.25. The molecule has 0 aromatic heterocycles. The number of amides is 1. The molecule has 2 aliphatic rings. The van der Waals surface area contributed by atoms with Gasteiger partial charge in [0.1, 0.15) is 0 Å². The van der Waals surface area contributed by atoms with Gasteiger partial charge in [0.15, 0.2) is 0 Å². The van der Waals surface area contributed by atoms with Gasteiger partial charge in [0.05, 0.1) is 26.2 Å². The molecule has 3 unspecified atom stereocenters. The highest BCUT2D eigenvalue weighted by atomic mass is 16.5. The van der Waals surface area contributed by atoms with Crippen molar-refractivity contribution in [3.63, 3.8) is 0 Å². The lowest BCUT2D eigenvalue weighted by Crippen LogP contribution is -2.48. The minimum Gasteiger partial charge on any atom is -0.469 e. The van der Waals surface area contributed by atoms with E-state index in [4.69, 9.17) is 4.74 Å². The molecule has 19 heavy (non-hydrogen) atoms. The van der Waals surface area contributed by atoms with Crippen LogP contribution >= 0.6 is 0 Å². The highest BCUT2D eigenvalue weighted by Gasteiger charge is 2.35. The molecule has 1 heterocycles. The van der Waals surface area contributed by atoms with Crippen molar-refractivity contribution in [2.75, 3.05) is 26.8 Å². The van der Waals surface area contributed by atoms with Crippen molar-refractivity contribution >= 4 is 11.9 Å². The molecule has 0 N–H and O–H groups in total. The molecule has 1 aliphatic heterocycles. The Hall–Kier alpha value is -1.10. The Bertz CT molecular complexity index is 344. The molecule has 1 saturated carbocycles. The zero-order chi connectivity index (χ0) is 13.8. The molecule has 1 amide bonds. The normalized spacial score (nSPS) is 31.3. The fraction of sp³-hybridized carbons (Fsp3) is 0.857. The number of hydrogen-bond acceptors (Lipinski definition) is 4. The molecule has 5 heteroatoms. The molecule has 0 radical (unpaired) electrons. The van der Waals surface area contributed by atoms with Crippen LogP contribution in [0.4, 0.5) is 0 Å². The zero-order valence-electron chi connectivity index (χ0n) is 11.8. The monoisotopic (exact) mass is 269 g/mol. The number of nitrogens with zero attached hydrogens (tertiary/aromatic N) is 1. The van der Waals surface area contributed by atoms with Crippen molar-refractivity contribution in [2.24, 2.45) is 11.8 Å². The predicted octanol–water partition coefficient (Wildman–Crippen LogP) is 1.21. The van der Waals surface area contributed by atoms with Gasteiger partial charge in [0, 0.05) is 19.0 Å². The van der Waals surface area contributed by atoms with Gasteiger partial charge in [-0.2, -0.15) is 0 Å². The molecule has 0 bridgehead atoms. The molecule has 5 nitrogen and oxygen atoms in total. The van der Waals surface area contributed by atoms with Crippen LogP contribution in [-0.2, 0) is 19.1 Å². The summed E-state index contributed by atoms with van der Waals surface area (Å²) in [5.41, 5.74) is 0. The predicted molar refractivity (Wildman–Crippen MR) is 69.5 cm³/mol. The van der Waals surface area contributed by atoms with Gasteiger partial charge in [0.25, 0.3) is 0 Å². The fourth-order valence-corrected chi connectivity index (χ4v) is 3.06. The molecule has 2 rings (SSSR count). The third-order valence-corrected chi connectivity index (χ3v) is 4.25. The van der Waals surface area contributed by atoms with E-state index in [9.17, 15) is 9.59 Å². The van der Waals surface area contributed by atoms with Crippen molar-refractivity contribution in [3.05, 3.63) is 0 Å². The quantitative estimate of drug-likeness (QED) is 0.723. The maximum atomic E-state index is 12.5. The number of esters is 1. The average molecular weight is 269 g/mol. The van der Waals surface area contributed by atoms with Crippen molar-refractivity contribution in [3.8, 4) is 0 Å². The van der Waals surface area contributed by atoms with E-state index in [0.29, 0.717) is 25.6 Å². The van der Waals surface area contributed by atoms with E-state index in [1.54, 1.807) is 0 Å². The van der Waals surface area contributed by atoms with Crippen molar-refractivity contribution in [2.45, 2.75) is 38.7 Å². The minimum absolute atomic E-state index is 0.164. The molecular formula is C14H23NO4. The van der Waals surface area contributed by atoms with E-state index in [2.05, 4.69) is 11.7 Å². The lowest BCUT2D eigenvalue weighted by atomic mass is 9.96. The zero-order valence-corrected chi connectivity index (χ0v) is 11.8. The fourth-order valence-electron chi connectivity index (χ4n) is 3.06. The van der Waals surface area contributed by atoms with Crippen molar-refractivity contribution < 1.29 is 19.1 Å². The Kier molecular flexibility index (Phi) is 4.80. The Balaban J connectivity index is 1.89. The smallest absolute Gasteiger partial charge is 0.308 e. The first kappa shape index (κ1) is 14.3. The van der Waals surface area contributed by atoms with E-state index in [1.165, 1.54) is 7.11 Å². The Morgan fingerprint density at radius 3 is 2.79 bits per heavy atom.